The van der Waals surface area contributed by atoms with Gasteiger partial charge in [0.25, 0.3) is 5.91 Å². The Labute approximate surface area is 176 Å². The first kappa shape index (κ1) is 20.6. The van der Waals surface area contributed by atoms with Gasteiger partial charge in [0.15, 0.2) is 9.84 Å². The molecule has 28 heavy (non-hydrogen) atoms. The fourth-order valence-electron chi connectivity index (χ4n) is 2.66. The van der Waals surface area contributed by atoms with Gasteiger partial charge in [-0.15, -0.1) is 11.3 Å². The average molecular weight is 480 g/mol. The standard InChI is InChI=1S/C20H18BrNO4S2/c1-26-16-8-10-17(11-9-16)28(24,25)19(18-3-2-12-27-18)13-22-20(23)14-4-6-15(21)7-5-14/h2-12,19H,13H2,1H3,(H,22,23)/t19-/m1/s1. The van der Waals surface area contributed by atoms with Crippen molar-refractivity contribution in [2.75, 3.05) is 13.7 Å². The van der Waals surface area contributed by atoms with Crippen molar-refractivity contribution < 1.29 is 17.9 Å². The Morgan fingerprint density at radius 2 is 1.79 bits per heavy atom. The van der Waals surface area contributed by atoms with Crippen LogP contribution in [0.3, 0.4) is 0 Å². The third-order valence-electron chi connectivity index (χ3n) is 4.18. The molecule has 0 unspecified atom stereocenters. The highest BCUT2D eigenvalue weighted by Gasteiger charge is 2.30. The SMILES string of the molecule is COc1ccc(S(=O)(=O)[C@H](CNC(=O)c2ccc(Br)cc2)c2cccs2)cc1. The molecule has 1 heterocycles. The summed E-state index contributed by atoms with van der Waals surface area (Å²) in [5.41, 5.74) is 0.468. The molecule has 0 radical (unpaired) electrons. The molecule has 0 saturated carbocycles. The monoisotopic (exact) mass is 479 g/mol. The summed E-state index contributed by atoms with van der Waals surface area (Å²) in [7, 11) is -2.18. The van der Waals surface area contributed by atoms with Crippen LogP contribution in [0.4, 0.5) is 0 Å². The lowest BCUT2D eigenvalue weighted by Gasteiger charge is -2.18. The zero-order chi connectivity index (χ0) is 20.1. The lowest BCUT2D eigenvalue weighted by Crippen LogP contribution is -2.31. The lowest BCUT2D eigenvalue weighted by molar-refractivity contribution is 0.0953. The Hall–Kier alpha value is -2.16. The first-order valence-corrected chi connectivity index (χ1v) is 11.6. The normalized spacial score (nSPS) is 12.4. The van der Waals surface area contributed by atoms with E-state index < -0.39 is 15.1 Å². The fourth-order valence-corrected chi connectivity index (χ4v) is 5.70. The zero-order valence-corrected chi connectivity index (χ0v) is 18.2. The van der Waals surface area contributed by atoms with Gasteiger partial charge in [-0.25, -0.2) is 8.42 Å². The Kier molecular flexibility index (Phi) is 6.53. The minimum atomic E-state index is -3.70. The van der Waals surface area contributed by atoms with E-state index in [1.807, 2.05) is 5.38 Å². The summed E-state index contributed by atoms with van der Waals surface area (Å²) in [6.07, 6.45) is 0. The van der Waals surface area contributed by atoms with Crippen molar-refractivity contribution in [1.82, 2.24) is 5.32 Å². The van der Waals surface area contributed by atoms with E-state index >= 15 is 0 Å². The first-order valence-electron chi connectivity index (χ1n) is 8.37. The number of hydrogen-bond acceptors (Lipinski definition) is 5. The lowest BCUT2D eigenvalue weighted by atomic mass is 10.2. The molecule has 0 aliphatic carbocycles. The molecule has 0 bridgehead atoms. The number of carbonyl (C=O) groups is 1. The van der Waals surface area contributed by atoms with E-state index in [0.29, 0.717) is 16.2 Å². The summed E-state index contributed by atoms with van der Waals surface area (Å²) >= 11 is 4.67. The maximum atomic E-state index is 13.2. The van der Waals surface area contributed by atoms with Crippen LogP contribution in [-0.4, -0.2) is 28.0 Å². The molecule has 1 amide bonds. The molecule has 0 fully saturated rings. The number of rotatable bonds is 7. The topological polar surface area (TPSA) is 72.5 Å². The van der Waals surface area contributed by atoms with Gasteiger partial charge in [0.1, 0.15) is 11.0 Å². The number of carbonyl (C=O) groups excluding carboxylic acids is 1. The molecule has 0 aliphatic rings. The molecule has 1 aromatic heterocycles. The predicted octanol–water partition coefficient (Wildman–Crippen LogP) is 4.46. The van der Waals surface area contributed by atoms with Crippen molar-refractivity contribution in [3.63, 3.8) is 0 Å². The quantitative estimate of drug-likeness (QED) is 0.542. The van der Waals surface area contributed by atoms with Crippen LogP contribution in [0, 0.1) is 0 Å². The van der Waals surface area contributed by atoms with Crippen molar-refractivity contribution in [2.45, 2.75) is 10.1 Å². The Morgan fingerprint density at radius 3 is 2.36 bits per heavy atom. The molecule has 3 rings (SSSR count). The highest BCUT2D eigenvalue weighted by atomic mass is 79.9. The van der Waals surface area contributed by atoms with Gasteiger partial charge in [-0.05, 0) is 60.0 Å². The van der Waals surface area contributed by atoms with E-state index in [-0.39, 0.29) is 17.3 Å². The molecule has 5 nitrogen and oxygen atoms in total. The van der Waals surface area contributed by atoms with E-state index in [4.69, 9.17) is 4.74 Å². The second kappa shape index (κ2) is 8.89. The van der Waals surface area contributed by atoms with E-state index in [9.17, 15) is 13.2 Å². The number of thiophene rings is 1. The summed E-state index contributed by atoms with van der Waals surface area (Å²) in [4.78, 5) is 13.3. The predicted molar refractivity (Wildman–Crippen MR) is 114 cm³/mol. The molecule has 2 aromatic carbocycles. The van der Waals surface area contributed by atoms with Crippen LogP contribution >= 0.6 is 27.3 Å². The van der Waals surface area contributed by atoms with Crippen molar-refractivity contribution in [1.29, 1.82) is 0 Å². The molecular weight excluding hydrogens is 462 g/mol. The number of halogens is 1. The molecule has 3 aromatic rings. The Morgan fingerprint density at radius 1 is 1.11 bits per heavy atom. The number of sulfone groups is 1. The number of hydrogen-bond donors (Lipinski definition) is 1. The fraction of sp³-hybridized carbons (Fsp3) is 0.150. The average Bonchev–Trinajstić information content (AvgIpc) is 3.22. The molecule has 0 saturated heterocycles. The van der Waals surface area contributed by atoms with Gasteiger partial charge < -0.3 is 10.1 Å². The Balaban J connectivity index is 1.85. The molecule has 146 valence electrons. The maximum absolute atomic E-state index is 13.2. The van der Waals surface area contributed by atoms with Crippen molar-refractivity contribution >= 4 is 43.0 Å². The minimum absolute atomic E-state index is 0.0240. The number of benzene rings is 2. The van der Waals surface area contributed by atoms with Crippen LogP contribution < -0.4 is 10.1 Å². The van der Waals surface area contributed by atoms with E-state index in [2.05, 4.69) is 21.2 Å². The van der Waals surface area contributed by atoms with Gasteiger partial charge in [0, 0.05) is 21.5 Å². The molecule has 0 spiro atoms. The van der Waals surface area contributed by atoms with Crippen LogP contribution in [0.1, 0.15) is 20.5 Å². The largest absolute Gasteiger partial charge is 0.497 e. The van der Waals surface area contributed by atoms with E-state index in [1.54, 1.807) is 48.5 Å². The second-order valence-corrected chi connectivity index (χ2v) is 9.97. The summed E-state index contributed by atoms with van der Waals surface area (Å²) in [5.74, 6) is 0.258. The number of amides is 1. The van der Waals surface area contributed by atoms with E-state index in [1.165, 1.54) is 30.6 Å². The molecule has 0 aliphatic heterocycles. The maximum Gasteiger partial charge on any atom is 0.251 e. The molecule has 1 N–H and O–H groups in total. The smallest absolute Gasteiger partial charge is 0.251 e. The third-order valence-corrected chi connectivity index (χ3v) is 7.94. The zero-order valence-electron chi connectivity index (χ0n) is 15.0. The summed E-state index contributed by atoms with van der Waals surface area (Å²) in [5, 5.41) is 3.70. The van der Waals surface area contributed by atoms with Gasteiger partial charge in [-0.1, -0.05) is 22.0 Å². The number of nitrogens with one attached hydrogen (secondary N) is 1. The van der Waals surface area contributed by atoms with Crippen LogP contribution in [0.15, 0.2) is 75.4 Å². The summed E-state index contributed by atoms with van der Waals surface area (Å²) in [6, 6.07) is 16.7. The second-order valence-electron chi connectivity index (χ2n) is 5.94. The molecule has 1 atom stereocenters. The van der Waals surface area contributed by atoms with Crippen molar-refractivity contribution in [2.24, 2.45) is 0 Å². The number of methoxy groups -OCH3 is 1. The summed E-state index contributed by atoms with van der Waals surface area (Å²) < 4.78 is 32.4. The van der Waals surface area contributed by atoms with Gasteiger partial charge in [-0.3, -0.25) is 4.79 Å². The minimum Gasteiger partial charge on any atom is -0.497 e. The first-order chi connectivity index (χ1) is 13.4. The van der Waals surface area contributed by atoms with Gasteiger partial charge in [-0.2, -0.15) is 0 Å². The van der Waals surface area contributed by atoms with Crippen LogP contribution in [0.5, 0.6) is 5.75 Å². The Bertz CT molecular complexity index is 1030. The van der Waals surface area contributed by atoms with Gasteiger partial charge >= 0.3 is 0 Å². The van der Waals surface area contributed by atoms with Crippen LogP contribution in [0.25, 0.3) is 0 Å². The van der Waals surface area contributed by atoms with E-state index in [0.717, 1.165) is 4.47 Å². The third kappa shape index (κ3) is 4.63. The van der Waals surface area contributed by atoms with Crippen molar-refractivity contribution in [3.05, 3.63) is 81.0 Å². The number of ether oxygens (including phenoxy) is 1. The highest BCUT2D eigenvalue weighted by Crippen LogP contribution is 2.32. The van der Waals surface area contributed by atoms with Gasteiger partial charge in [0.05, 0.1) is 12.0 Å². The van der Waals surface area contributed by atoms with Crippen LogP contribution in [0.2, 0.25) is 0 Å². The highest BCUT2D eigenvalue weighted by molar-refractivity contribution is 9.10. The summed E-state index contributed by atoms with van der Waals surface area (Å²) in [6.45, 7) is -0.0240. The van der Waals surface area contributed by atoms with Crippen LogP contribution in [-0.2, 0) is 9.84 Å². The van der Waals surface area contributed by atoms with Gasteiger partial charge in [0.2, 0.25) is 0 Å². The van der Waals surface area contributed by atoms with Crippen molar-refractivity contribution in [3.8, 4) is 5.75 Å². The molecule has 8 heteroatoms. The molecular formula is C20H18BrNO4S2.